The molecule has 1 unspecified atom stereocenters. The highest BCUT2D eigenvalue weighted by atomic mass is 19.4. The zero-order valence-electron chi connectivity index (χ0n) is 21.7. The molecule has 1 saturated carbocycles. The molecule has 1 aliphatic carbocycles. The fourth-order valence-electron chi connectivity index (χ4n) is 5.63. The molecule has 3 aromatic rings. The van der Waals surface area contributed by atoms with Crippen LogP contribution in [0.2, 0.25) is 0 Å². The van der Waals surface area contributed by atoms with Gasteiger partial charge in [-0.15, -0.1) is 0 Å². The molecule has 12 heteroatoms. The Kier molecular flexibility index (Phi) is 6.50. The van der Waals surface area contributed by atoms with E-state index in [0.717, 1.165) is 30.7 Å². The summed E-state index contributed by atoms with van der Waals surface area (Å²) < 4.78 is 63.2. The van der Waals surface area contributed by atoms with Crippen LogP contribution in [0.3, 0.4) is 0 Å². The second-order valence-corrected chi connectivity index (χ2v) is 10.4. The second kappa shape index (κ2) is 9.90. The molecule has 0 radical (unpaired) electrons. The van der Waals surface area contributed by atoms with Gasteiger partial charge < -0.3 is 19.1 Å². The number of imidazole rings is 1. The van der Waals surface area contributed by atoms with E-state index in [-0.39, 0.29) is 18.0 Å². The Morgan fingerprint density at radius 2 is 1.93 bits per heavy atom. The Hall–Kier alpha value is -3.96. The molecule has 1 atom stereocenters. The van der Waals surface area contributed by atoms with Crippen LogP contribution in [0.15, 0.2) is 36.5 Å². The molecule has 1 fully saturated rings. The van der Waals surface area contributed by atoms with Crippen molar-refractivity contribution >= 4 is 11.8 Å². The number of pyridine rings is 1. The summed E-state index contributed by atoms with van der Waals surface area (Å²) in [6, 6.07) is 6.63. The number of halogens is 4. The summed E-state index contributed by atoms with van der Waals surface area (Å²) in [5, 5.41) is 0. The van der Waals surface area contributed by atoms with Crippen molar-refractivity contribution in [3.8, 4) is 5.75 Å². The number of hydrogen-bond acceptors (Lipinski definition) is 5. The standard InChI is InChI=1S/C28H27F4N5O3/c1-16(38)35-11-12-36-23(14-35)34-21-8-10-37(24(39)15-40-22-3-2-9-33-27(22)28(30,31)32)25(26(21)36)19-7-6-18(13-20(19)29)17-4-5-17/h2-3,6-7,9,13,17,25H,4-5,8,10-12,14-15H2,1H3. The van der Waals surface area contributed by atoms with Crippen LogP contribution in [0.4, 0.5) is 17.6 Å². The zero-order valence-corrected chi connectivity index (χ0v) is 21.7. The number of carbonyl (C=O) groups excluding carboxylic acids is 2. The van der Waals surface area contributed by atoms with E-state index >= 15 is 4.39 Å². The minimum Gasteiger partial charge on any atom is -0.481 e. The monoisotopic (exact) mass is 557 g/mol. The summed E-state index contributed by atoms with van der Waals surface area (Å²) in [6.45, 7) is 2.16. The highest BCUT2D eigenvalue weighted by Gasteiger charge is 2.41. The Balaban J connectivity index is 1.35. The molecule has 0 spiro atoms. The lowest BCUT2D eigenvalue weighted by atomic mass is 9.93. The van der Waals surface area contributed by atoms with E-state index in [2.05, 4.69) is 4.98 Å². The van der Waals surface area contributed by atoms with Crippen molar-refractivity contribution in [1.82, 2.24) is 24.3 Å². The third-order valence-electron chi connectivity index (χ3n) is 7.77. The molecule has 1 aromatic carbocycles. The Bertz CT molecular complexity index is 1480. The van der Waals surface area contributed by atoms with Crippen LogP contribution in [0, 0.1) is 5.82 Å². The van der Waals surface area contributed by atoms with Gasteiger partial charge >= 0.3 is 6.18 Å². The van der Waals surface area contributed by atoms with Gasteiger partial charge in [0.05, 0.1) is 17.9 Å². The first-order valence-corrected chi connectivity index (χ1v) is 13.2. The molecule has 0 bridgehead atoms. The minimum absolute atomic E-state index is 0.0759. The van der Waals surface area contributed by atoms with Gasteiger partial charge in [-0.1, -0.05) is 12.1 Å². The lowest BCUT2D eigenvalue weighted by molar-refractivity contribution is -0.144. The number of fused-ring (bicyclic) bond motifs is 3. The molecule has 3 aliphatic rings. The van der Waals surface area contributed by atoms with E-state index in [4.69, 9.17) is 9.72 Å². The number of carbonyl (C=O) groups is 2. The van der Waals surface area contributed by atoms with Gasteiger partial charge in [0.1, 0.15) is 17.7 Å². The molecule has 210 valence electrons. The van der Waals surface area contributed by atoms with Crippen molar-refractivity contribution < 1.29 is 31.9 Å². The van der Waals surface area contributed by atoms with E-state index in [9.17, 15) is 22.8 Å². The lowest BCUT2D eigenvalue weighted by Gasteiger charge is -2.38. The van der Waals surface area contributed by atoms with Crippen molar-refractivity contribution in [2.45, 2.75) is 57.4 Å². The highest BCUT2D eigenvalue weighted by Crippen LogP contribution is 2.43. The number of hydrogen-bond donors (Lipinski definition) is 0. The van der Waals surface area contributed by atoms with Crippen LogP contribution >= 0.6 is 0 Å². The first-order chi connectivity index (χ1) is 19.1. The van der Waals surface area contributed by atoms with Crippen LogP contribution in [0.25, 0.3) is 0 Å². The van der Waals surface area contributed by atoms with Gasteiger partial charge in [-0.3, -0.25) is 9.59 Å². The van der Waals surface area contributed by atoms with Crippen molar-refractivity contribution in [3.05, 3.63) is 76.4 Å². The Morgan fingerprint density at radius 3 is 2.62 bits per heavy atom. The molecule has 8 nitrogen and oxygen atoms in total. The largest absolute Gasteiger partial charge is 0.481 e. The van der Waals surface area contributed by atoms with Crippen LogP contribution < -0.4 is 4.74 Å². The molecule has 40 heavy (non-hydrogen) atoms. The normalized spacial score (nSPS) is 18.8. The second-order valence-electron chi connectivity index (χ2n) is 10.4. The van der Waals surface area contributed by atoms with Crippen LogP contribution in [-0.4, -0.2) is 55.8 Å². The highest BCUT2D eigenvalue weighted by molar-refractivity contribution is 5.79. The van der Waals surface area contributed by atoms with Gasteiger partial charge in [0.2, 0.25) is 5.91 Å². The average molecular weight is 558 g/mol. The maximum Gasteiger partial charge on any atom is 0.437 e. The Morgan fingerprint density at radius 1 is 1.12 bits per heavy atom. The number of rotatable bonds is 5. The van der Waals surface area contributed by atoms with Gasteiger partial charge in [-0.05, 0) is 42.5 Å². The third-order valence-corrected chi connectivity index (χ3v) is 7.77. The number of alkyl halides is 3. The quantitative estimate of drug-likeness (QED) is 0.439. The van der Waals surface area contributed by atoms with E-state index in [1.54, 1.807) is 11.0 Å². The average Bonchev–Trinajstić information content (AvgIpc) is 3.71. The molecule has 2 aromatic heterocycles. The molecule has 0 saturated heterocycles. The van der Waals surface area contributed by atoms with E-state index in [1.807, 2.05) is 10.6 Å². The molecular formula is C28H27F4N5O3. The summed E-state index contributed by atoms with van der Waals surface area (Å²) in [5.41, 5.74) is 1.35. The first-order valence-electron chi connectivity index (χ1n) is 13.2. The van der Waals surface area contributed by atoms with Crippen LogP contribution in [0.1, 0.15) is 65.8 Å². The molecular weight excluding hydrogens is 530 g/mol. The summed E-state index contributed by atoms with van der Waals surface area (Å²) in [6.07, 6.45) is -1.36. The molecule has 2 aliphatic heterocycles. The van der Waals surface area contributed by atoms with Gasteiger partial charge in [-0.2, -0.15) is 13.2 Å². The van der Waals surface area contributed by atoms with Crippen molar-refractivity contribution in [1.29, 1.82) is 0 Å². The first kappa shape index (κ1) is 26.3. The van der Waals surface area contributed by atoms with E-state index < -0.39 is 42.0 Å². The smallest absolute Gasteiger partial charge is 0.437 e. The summed E-state index contributed by atoms with van der Waals surface area (Å²) >= 11 is 0. The SMILES string of the molecule is CC(=O)N1CCn2c(nc3c2C(c2ccc(C4CC4)cc2F)N(C(=O)COc2cccnc2C(F)(F)F)CC3)C1. The topological polar surface area (TPSA) is 80.6 Å². The van der Waals surface area contributed by atoms with Gasteiger partial charge in [0.15, 0.2) is 18.1 Å². The predicted molar refractivity (Wildman–Crippen MR) is 134 cm³/mol. The molecule has 2 amide bonds. The van der Waals surface area contributed by atoms with Crippen LogP contribution in [-0.2, 0) is 35.3 Å². The van der Waals surface area contributed by atoms with Crippen molar-refractivity contribution in [3.63, 3.8) is 0 Å². The van der Waals surface area contributed by atoms with Gasteiger partial charge in [0, 0.05) is 44.7 Å². The Labute approximate surface area is 227 Å². The van der Waals surface area contributed by atoms with Crippen LogP contribution in [0.5, 0.6) is 5.75 Å². The zero-order chi connectivity index (χ0) is 28.2. The number of nitrogens with zero attached hydrogens (tertiary/aromatic N) is 5. The third kappa shape index (κ3) is 4.79. The summed E-state index contributed by atoms with van der Waals surface area (Å²) in [7, 11) is 0. The van der Waals surface area contributed by atoms with Gasteiger partial charge in [0.25, 0.3) is 5.91 Å². The molecule has 0 N–H and O–H groups in total. The molecule has 4 heterocycles. The summed E-state index contributed by atoms with van der Waals surface area (Å²) in [5.74, 6) is -0.683. The lowest BCUT2D eigenvalue weighted by Crippen LogP contribution is -2.45. The maximum absolute atomic E-state index is 15.7. The fraction of sp³-hybridized carbons (Fsp3) is 0.429. The number of amides is 2. The number of aromatic nitrogens is 3. The van der Waals surface area contributed by atoms with Crippen molar-refractivity contribution in [2.75, 3.05) is 19.7 Å². The fourth-order valence-corrected chi connectivity index (χ4v) is 5.63. The number of ether oxygens (including phenoxy) is 1. The van der Waals surface area contributed by atoms with E-state index in [1.165, 1.54) is 24.0 Å². The van der Waals surface area contributed by atoms with Gasteiger partial charge in [-0.25, -0.2) is 14.4 Å². The van der Waals surface area contributed by atoms with E-state index in [0.29, 0.717) is 49.2 Å². The summed E-state index contributed by atoms with van der Waals surface area (Å²) in [4.78, 5) is 36.8. The molecule has 6 rings (SSSR count). The maximum atomic E-state index is 15.7. The number of benzene rings is 1. The van der Waals surface area contributed by atoms with Crippen molar-refractivity contribution in [2.24, 2.45) is 0 Å². The minimum atomic E-state index is -4.75. The predicted octanol–water partition coefficient (Wildman–Crippen LogP) is 4.23.